The van der Waals surface area contributed by atoms with Crippen LogP contribution in [0.25, 0.3) is 22.2 Å². The minimum absolute atomic E-state index is 0.471. The quantitative estimate of drug-likeness (QED) is 0.668. The molecular weight excluding hydrogens is 272 g/mol. The summed E-state index contributed by atoms with van der Waals surface area (Å²) in [6.45, 7) is 1.96. The molecule has 0 saturated heterocycles. The number of aryl methyl sites for hydroxylation is 1. The minimum Gasteiger partial charge on any atom is -0.276 e. The number of carbonyl (C=O) groups is 1. The van der Waals surface area contributed by atoms with Gasteiger partial charge in [-0.3, -0.25) is 9.78 Å². The molecule has 0 fully saturated rings. The number of halogens is 1. The van der Waals surface area contributed by atoms with Crippen molar-refractivity contribution in [1.29, 1.82) is 0 Å². The van der Waals surface area contributed by atoms with E-state index in [-0.39, 0.29) is 0 Å². The minimum atomic E-state index is -0.479. The van der Waals surface area contributed by atoms with Crippen molar-refractivity contribution in [3.8, 4) is 11.3 Å². The van der Waals surface area contributed by atoms with Crippen LogP contribution in [0.15, 0.2) is 48.8 Å². The Morgan fingerprint density at radius 3 is 2.75 bits per heavy atom. The Kier molecular flexibility index (Phi) is 3.20. The van der Waals surface area contributed by atoms with Crippen LogP contribution in [0.3, 0.4) is 0 Å². The van der Waals surface area contributed by atoms with E-state index in [0.717, 1.165) is 22.0 Å². The van der Waals surface area contributed by atoms with E-state index in [1.165, 1.54) is 0 Å². The third-order valence-electron chi connectivity index (χ3n) is 3.21. The molecule has 0 unspecified atom stereocenters. The van der Waals surface area contributed by atoms with Gasteiger partial charge in [-0.15, -0.1) is 0 Å². The fourth-order valence-electron chi connectivity index (χ4n) is 2.22. The van der Waals surface area contributed by atoms with E-state index < -0.39 is 5.24 Å². The Morgan fingerprint density at radius 1 is 1.20 bits per heavy atom. The predicted molar refractivity (Wildman–Crippen MR) is 79.9 cm³/mol. The molecule has 3 rings (SSSR count). The maximum absolute atomic E-state index is 11.7. The van der Waals surface area contributed by atoms with Gasteiger partial charge >= 0.3 is 0 Å². The second-order valence-electron chi connectivity index (χ2n) is 4.54. The average molecular weight is 283 g/mol. The molecule has 0 aliphatic heterocycles. The van der Waals surface area contributed by atoms with Crippen molar-refractivity contribution in [2.45, 2.75) is 6.92 Å². The average Bonchev–Trinajstić information content (AvgIpc) is 2.47. The second kappa shape index (κ2) is 5.02. The highest BCUT2D eigenvalue weighted by molar-refractivity contribution is 6.68. The summed E-state index contributed by atoms with van der Waals surface area (Å²) >= 11 is 5.71. The molecule has 2 heterocycles. The molecule has 2 aromatic heterocycles. The van der Waals surface area contributed by atoms with E-state index in [2.05, 4.69) is 9.97 Å². The van der Waals surface area contributed by atoms with Gasteiger partial charge in [0, 0.05) is 28.9 Å². The van der Waals surface area contributed by atoms with Crippen molar-refractivity contribution in [3.63, 3.8) is 0 Å². The Balaban J connectivity index is 2.36. The number of hydrogen-bond donors (Lipinski definition) is 0. The summed E-state index contributed by atoms with van der Waals surface area (Å²) in [6.07, 6.45) is 3.42. The Bertz CT molecular complexity index is 800. The maximum atomic E-state index is 11.7. The highest BCUT2D eigenvalue weighted by Gasteiger charge is 2.13. The van der Waals surface area contributed by atoms with Crippen molar-refractivity contribution in [3.05, 3.63) is 59.9 Å². The zero-order valence-corrected chi connectivity index (χ0v) is 11.6. The number of carbonyl (C=O) groups excluding carboxylic acids is 1. The highest BCUT2D eigenvalue weighted by atomic mass is 35.5. The molecule has 0 atom stereocenters. The van der Waals surface area contributed by atoms with Gasteiger partial charge in [0.05, 0.1) is 11.2 Å². The first-order valence-corrected chi connectivity index (χ1v) is 6.55. The van der Waals surface area contributed by atoms with Gasteiger partial charge in [-0.25, -0.2) is 4.98 Å². The number of aromatic nitrogens is 2. The smallest absolute Gasteiger partial charge is 0.253 e. The topological polar surface area (TPSA) is 42.9 Å². The molecular formula is C16H11ClN2O. The molecule has 0 radical (unpaired) electrons. The number of pyridine rings is 2. The van der Waals surface area contributed by atoms with Gasteiger partial charge in [0.2, 0.25) is 0 Å². The Labute approximate surface area is 121 Å². The summed E-state index contributed by atoms with van der Waals surface area (Å²) in [4.78, 5) is 20.4. The standard InChI is InChI=1S/C16H11ClN2O/c1-10-4-2-6-12-13(16(17)20)8-14(19-15(10)12)11-5-3-7-18-9-11/h2-9H,1H3. The van der Waals surface area contributed by atoms with E-state index >= 15 is 0 Å². The zero-order chi connectivity index (χ0) is 14.1. The molecule has 0 N–H and O–H groups in total. The molecule has 3 aromatic rings. The molecule has 0 aliphatic carbocycles. The van der Waals surface area contributed by atoms with E-state index in [4.69, 9.17) is 11.6 Å². The first-order chi connectivity index (χ1) is 9.66. The Morgan fingerprint density at radius 2 is 2.05 bits per heavy atom. The van der Waals surface area contributed by atoms with Crippen molar-refractivity contribution in [2.75, 3.05) is 0 Å². The van der Waals surface area contributed by atoms with Crippen molar-refractivity contribution < 1.29 is 4.79 Å². The van der Waals surface area contributed by atoms with Gasteiger partial charge in [-0.1, -0.05) is 18.2 Å². The number of hydrogen-bond acceptors (Lipinski definition) is 3. The summed E-state index contributed by atoms with van der Waals surface area (Å²) in [5, 5.41) is 0.297. The van der Waals surface area contributed by atoms with E-state index in [1.54, 1.807) is 18.5 Å². The van der Waals surface area contributed by atoms with Crippen LogP contribution in [0, 0.1) is 6.92 Å². The number of nitrogens with zero attached hydrogens (tertiary/aromatic N) is 2. The Hall–Kier alpha value is -2.26. The molecule has 4 heteroatoms. The fourth-order valence-corrected chi connectivity index (χ4v) is 2.37. The number of para-hydroxylation sites is 1. The molecule has 0 saturated carbocycles. The molecule has 0 aliphatic rings. The molecule has 98 valence electrons. The van der Waals surface area contributed by atoms with Gasteiger partial charge in [0.15, 0.2) is 0 Å². The van der Waals surface area contributed by atoms with Crippen LogP contribution in [0.4, 0.5) is 0 Å². The SMILES string of the molecule is Cc1cccc2c(C(=O)Cl)cc(-c3cccnc3)nc12. The van der Waals surface area contributed by atoms with E-state index in [0.29, 0.717) is 11.3 Å². The normalized spacial score (nSPS) is 10.7. The first-order valence-electron chi connectivity index (χ1n) is 6.17. The fraction of sp³-hybridized carbons (Fsp3) is 0.0625. The van der Waals surface area contributed by atoms with Crippen LogP contribution in [0.5, 0.6) is 0 Å². The lowest BCUT2D eigenvalue weighted by molar-refractivity contribution is 0.108. The molecule has 0 amide bonds. The molecule has 0 bridgehead atoms. The van der Waals surface area contributed by atoms with Crippen LogP contribution in [-0.4, -0.2) is 15.2 Å². The lowest BCUT2D eigenvalue weighted by Gasteiger charge is -2.08. The van der Waals surface area contributed by atoms with Gasteiger partial charge in [0.25, 0.3) is 5.24 Å². The van der Waals surface area contributed by atoms with Crippen LogP contribution < -0.4 is 0 Å². The summed E-state index contributed by atoms with van der Waals surface area (Å²) in [7, 11) is 0. The molecule has 20 heavy (non-hydrogen) atoms. The number of fused-ring (bicyclic) bond motifs is 1. The lowest BCUT2D eigenvalue weighted by Crippen LogP contribution is -1.97. The van der Waals surface area contributed by atoms with Gasteiger partial charge in [-0.2, -0.15) is 0 Å². The lowest BCUT2D eigenvalue weighted by atomic mass is 10.0. The summed E-state index contributed by atoms with van der Waals surface area (Å²) in [5.41, 5.74) is 3.82. The summed E-state index contributed by atoms with van der Waals surface area (Å²) in [6, 6.07) is 11.2. The third-order valence-corrected chi connectivity index (χ3v) is 3.41. The van der Waals surface area contributed by atoms with Crippen molar-refractivity contribution in [2.24, 2.45) is 0 Å². The third kappa shape index (κ3) is 2.17. The van der Waals surface area contributed by atoms with Gasteiger partial charge in [-0.05, 0) is 42.3 Å². The van der Waals surface area contributed by atoms with Crippen LogP contribution >= 0.6 is 11.6 Å². The van der Waals surface area contributed by atoms with Crippen molar-refractivity contribution >= 4 is 27.7 Å². The molecule has 1 aromatic carbocycles. The number of rotatable bonds is 2. The number of benzene rings is 1. The van der Waals surface area contributed by atoms with E-state index in [9.17, 15) is 4.79 Å². The van der Waals surface area contributed by atoms with Crippen LogP contribution in [-0.2, 0) is 0 Å². The summed E-state index contributed by atoms with van der Waals surface area (Å²) in [5.74, 6) is 0. The maximum Gasteiger partial charge on any atom is 0.253 e. The van der Waals surface area contributed by atoms with Crippen molar-refractivity contribution in [1.82, 2.24) is 9.97 Å². The predicted octanol–water partition coefficient (Wildman–Crippen LogP) is 3.98. The van der Waals surface area contributed by atoms with E-state index in [1.807, 2.05) is 37.3 Å². The monoisotopic (exact) mass is 282 g/mol. The highest BCUT2D eigenvalue weighted by Crippen LogP contribution is 2.27. The first kappa shape index (κ1) is 12.8. The van der Waals surface area contributed by atoms with Gasteiger partial charge in [0.1, 0.15) is 0 Å². The largest absolute Gasteiger partial charge is 0.276 e. The molecule has 0 spiro atoms. The molecule has 3 nitrogen and oxygen atoms in total. The van der Waals surface area contributed by atoms with Crippen LogP contribution in [0.2, 0.25) is 0 Å². The zero-order valence-electron chi connectivity index (χ0n) is 10.8. The summed E-state index contributed by atoms with van der Waals surface area (Å²) < 4.78 is 0. The van der Waals surface area contributed by atoms with Gasteiger partial charge < -0.3 is 0 Å². The van der Waals surface area contributed by atoms with Crippen LogP contribution in [0.1, 0.15) is 15.9 Å². The second-order valence-corrected chi connectivity index (χ2v) is 4.88.